The van der Waals surface area contributed by atoms with E-state index in [1.165, 1.54) is 4.31 Å². The third-order valence-corrected chi connectivity index (χ3v) is 6.08. The van der Waals surface area contributed by atoms with Crippen molar-refractivity contribution < 1.29 is 13.2 Å². The number of rotatable bonds is 2. The monoisotopic (exact) mass is 360 g/mol. The highest BCUT2D eigenvalue weighted by atomic mass is 79.9. The molecule has 3 rings (SSSR count). The lowest BCUT2D eigenvalue weighted by Gasteiger charge is -2.30. The first-order valence-corrected chi connectivity index (χ1v) is 8.93. The summed E-state index contributed by atoms with van der Waals surface area (Å²) in [5.41, 5.74) is 6.84. The number of ether oxygens (including phenoxy) is 1. The molecule has 2 N–H and O–H groups in total. The molecule has 1 saturated heterocycles. The minimum Gasteiger partial charge on any atom is -0.492 e. The summed E-state index contributed by atoms with van der Waals surface area (Å²) in [5, 5.41) is 0. The van der Waals surface area contributed by atoms with Crippen LogP contribution in [0, 0.1) is 0 Å². The smallest absolute Gasteiger partial charge is 0.246 e. The van der Waals surface area contributed by atoms with Gasteiger partial charge in [0, 0.05) is 35.6 Å². The molecule has 1 atom stereocenters. The van der Waals surface area contributed by atoms with E-state index in [4.69, 9.17) is 10.5 Å². The molecule has 20 heavy (non-hydrogen) atoms. The van der Waals surface area contributed by atoms with E-state index in [0.29, 0.717) is 25.4 Å². The van der Waals surface area contributed by atoms with Crippen molar-refractivity contribution in [3.8, 4) is 5.75 Å². The fourth-order valence-corrected chi connectivity index (χ4v) is 5.15. The second-order valence-corrected chi connectivity index (χ2v) is 8.08. The van der Waals surface area contributed by atoms with Crippen LogP contribution in [0.2, 0.25) is 0 Å². The zero-order valence-corrected chi connectivity index (χ0v) is 13.4. The molecule has 1 unspecified atom stereocenters. The fourth-order valence-electron chi connectivity index (χ4n) is 2.76. The van der Waals surface area contributed by atoms with E-state index in [9.17, 15) is 8.42 Å². The maximum Gasteiger partial charge on any atom is 0.246 e. The van der Waals surface area contributed by atoms with Crippen molar-refractivity contribution in [2.45, 2.75) is 30.2 Å². The molecule has 0 saturated carbocycles. The Kier molecular flexibility index (Phi) is 3.79. The Labute approximate surface area is 127 Å². The van der Waals surface area contributed by atoms with Gasteiger partial charge in [-0.25, -0.2) is 8.42 Å². The van der Waals surface area contributed by atoms with Crippen LogP contribution >= 0.6 is 15.9 Å². The molecule has 2 aliphatic rings. The van der Waals surface area contributed by atoms with Crippen molar-refractivity contribution in [1.82, 2.24) is 4.31 Å². The van der Waals surface area contributed by atoms with Gasteiger partial charge >= 0.3 is 0 Å². The molecule has 0 amide bonds. The molecule has 0 aromatic heterocycles. The highest BCUT2D eigenvalue weighted by Gasteiger charge is 2.33. The number of benzene rings is 1. The third-order valence-electron chi connectivity index (χ3n) is 3.75. The lowest BCUT2D eigenvalue weighted by Crippen LogP contribution is -2.45. The largest absolute Gasteiger partial charge is 0.492 e. The highest BCUT2D eigenvalue weighted by molar-refractivity contribution is 9.10. The normalized spacial score (nSPS) is 23.4. The van der Waals surface area contributed by atoms with E-state index in [0.717, 1.165) is 29.3 Å². The molecule has 0 aliphatic carbocycles. The van der Waals surface area contributed by atoms with E-state index >= 15 is 0 Å². The molecule has 0 radical (unpaired) electrons. The number of hydrogen-bond acceptors (Lipinski definition) is 4. The molecule has 2 aliphatic heterocycles. The maximum absolute atomic E-state index is 12.8. The number of nitrogens with zero attached hydrogens (tertiary/aromatic N) is 1. The molecule has 1 fully saturated rings. The van der Waals surface area contributed by atoms with Crippen molar-refractivity contribution >= 4 is 26.0 Å². The highest BCUT2D eigenvalue weighted by Crippen LogP contribution is 2.37. The lowest BCUT2D eigenvalue weighted by molar-refractivity contribution is 0.312. The molecule has 0 spiro atoms. The van der Waals surface area contributed by atoms with Gasteiger partial charge in [0.05, 0.1) is 6.61 Å². The van der Waals surface area contributed by atoms with Crippen LogP contribution in [0.4, 0.5) is 0 Å². The molecular weight excluding hydrogens is 344 g/mol. The van der Waals surface area contributed by atoms with Gasteiger partial charge in [0.15, 0.2) is 0 Å². The predicted octanol–water partition coefficient (Wildman–Crippen LogP) is 1.50. The average molecular weight is 361 g/mol. The number of piperidine rings is 1. The Bertz CT molecular complexity index is 633. The summed E-state index contributed by atoms with van der Waals surface area (Å²) in [6.07, 6.45) is 2.42. The van der Waals surface area contributed by atoms with Crippen molar-refractivity contribution in [3.05, 3.63) is 22.2 Å². The molecule has 5 nitrogen and oxygen atoms in total. The van der Waals surface area contributed by atoms with E-state index in [1.54, 1.807) is 6.07 Å². The topological polar surface area (TPSA) is 72.6 Å². The van der Waals surface area contributed by atoms with Crippen molar-refractivity contribution in [3.63, 3.8) is 0 Å². The molecule has 0 bridgehead atoms. The number of fused-ring (bicyclic) bond motifs is 1. The second-order valence-electron chi connectivity index (χ2n) is 5.26. The number of sulfonamides is 1. The minimum absolute atomic E-state index is 0.0837. The second kappa shape index (κ2) is 5.29. The van der Waals surface area contributed by atoms with Crippen LogP contribution in [0.15, 0.2) is 21.5 Å². The zero-order chi connectivity index (χ0) is 14.3. The van der Waals surface area contributed by atoms with Gasteiger partial charge in [0.1, 0.15) is 10.6 Å². The minimum atomic E-state index is -3.54. The van der Waals surface area contributed by atoms with Crippen molar-refractivity contribution in [2.75, 3.05) is 19.7 Å². The standard InChI is InChI=1S/C13H17BrN2O3S/c14-10-6-9-3-5-19-13(9)12(7-10)20(17,18)16-4-1-2-11(15)8-16/h6-7,11H,1-5,8,15H2. The van der Waals surface area contributed by atoms with Crippen molar-refractivity contribution in [1.29, 1.82) is 0 Å². The van der Waals surface area contributed by atoms with E-state index in [-0.39, 0.29) is 10.9 Å². The summed E-state index contributed by atoms with van der Waals surface area (Å²) in [5.74, 6) is 0.507. The van der Waals surface area contributed by atoms with Crippen LogP contribution in [-0.4, -0.2) is 38.5 Å². The van der Waals surface area contributed by atoms with Gasteiger partial charge in [-0.2, -0.15) is 4.31 Å². The van der Waals surface area contributed by atoms with Crippen LogP contribution in [0.1, 0.15) is 18.4 Å². The zero-order valence-electron chi connectivity index (χ0n) is 11.0. The fraction of sp³-hybridized carbons (Fsp3) is 0.538. The van der Waals surface area contributed by atoms with Gasteiger partial charge in [-0.15, -0.1) is 0 Å². The Balaban J connectivity index is 2.03. The molecule has 7 heteroatoms. The summed E-state index contributed by atoms with van der Waals surface area (Å²) in [4.78, 5) is 0.258. The SMILES string of the molecule is NC1CCCN(S(=O)(=O)c2cc(Br)cc3c2OCC3)C1. The quantitative estimate of drug-likeness (QED) is 0.867. The third kappa shape index (κ3) is 2.47. The molecule has 1 aromatic rings. The summed E-state index contributed by atoms with van der Waals surface area (Å²) in [6.45, 7) is 1.44. The molecule has 2 heterocycles. The van der Waals surface area contributed by atoms with E-state index in [1.807, 2.05) is 6.07 Å². The van der Waals surface area contributed by atoms with E-state index < -0.39 is 10.0 Å². The Morgan fingerprint density at radius 1 is 1.40 bits per heavy atom. The van der Waals surface area contributed by atoms with Crippen LogP contribution in [0.3, 0.4) is 0 Å². The Morgan fingerprint density at radius 2 is 2.20 bits per heavy atom. The van der Waals surface area contributed by atoms with Crippen LogP contribution in [0.5, 0.6) is 5.75 Å². The number of halogens is 1. The van der Waals surface area contributed by atoms with Crippen LogP contribution in [-0.2, 0) is 16.4 Å². The Hall–Kier alpha value is -0.630. The summed E-state index contributed by atoms with van der Waals surface area (Å²) < 4.78 is 33.4. The van der Waals surface area contributed by atoms with Gasteiger partial charge in [0.2, 0.25) is 10.0 Å². The van der Waals surface area contributed by atoms with Crippen LogP contribution in [0.25, 0.3) is 0 Å². The number of hydrogen-bond donors (Lipinski definition) is 1. The average Bonchev–Trinajstić information content (AvgIpc) is 2.85. The molecular formula is C13H17BrN2O3S. The first-order valence-electron chi connectivity index (χ1n) is 6.69. The predicted molar refractivity (Wildman–Crippen MR) is 79.3 cm³/mol. The van der Waals surface area contributed by atoms with E-state index in [2.05, 4.69) is 15.9 Å². The van der Waals surface area contributed by atoms with Crippen LogP contribution < -0.4 is 10.5 Å². The summed E-state index contributed by atoms with van der Waals surface area (Å²) >= 11 is 3.38. The first-order chi connectivity index (χ1) is 9.48. The Morgan fingerprint density at radius 3 is 2.95 bits per heavy atom. The van der Waals surface area contributed by atoms with Gasteiger partial charge in [-0.1, -0.05) is 15.9 Å². The summed E-state index contributed by atoms with van der Waals surface area (Å²) in [6, 6.07) is 3.46. The van der Waals surface area contributed by atoms with Gasteiger partial charge < -0.3 is 10.5 Å². The van der Waals surface area contributed by atoms with Gasteiger partial charge in [-0.3, -0.25) is 0 Å². The van der Waals surface area contributed by atoms with Gasteiger partial charge in [0.25, 0.3) is 0 Å². The first kappa shape index (κ1) is 14.3. The maximum atomic E-state index is 12.8. The number of nitrogens with two attached hydrogens (primary N) is 1. The van der Waals surface area contributed by atoms with Gasteiger partial charge in [-0.05, 0) is 25.0 Å². The lowest BCUT2D eigenvalue weighted by atomic mass is 10.1. The summed E-state index contributed by atoms with van der Waals surface area (Å²) in [7, 11) is -3.54. The van der Waals surface area contributed by atoms with Crippen molar-refractivity contribution in [2.24, 2.45) is 5.73 Å². The molecule has 110 valence electrons. The molecule has 1 aromatic carbocycles.